The van der Waals surface area contributed by atoms with E-state index >= 15 is 0 Å². The summed E-state index contributed by atoms with van der Waals surface area (Å²) in [7, 11) is -2.45. The molecular weight excluding hydrogens is 253 g/mol. The summed E-state index contributed by atoms with van der Waals surface area (Å²) in [6.07, 6.45) is 0.505. The molecule has 3 nitrogen and oxygen atoms in total. The number of hydrogen-bond acceptors (Lipinski definition) is 3. The van der Waals surface area contributed by atoms with Crippen molar-refractivity contribution in [3.63, 3.8) is 0 Å². The summed E-state index contributed by atoms with van der Waals surface area (Å²) in [5, 5.41) is 0. The second-order valence-electron chi connectivity index (χ2n) is 3.67. The standard InChI is InChI=1S/C10H13F3O3Si/c1-16-17(14,15)4-2-3-7-5-8(11)10(13)9(12)6-7/h5-6,14-15H,2-4H2,1H3. The third-order valence-electron chi connectivity index (χ3n) is 2.34. The lowest BCUT2D eigenvalue weighted by atomic mass is 10.1. The largest absolute Gasteiger partial charge is 0.495 e. The molecule has 2 N–H and O–H groups in total. The van der Waals surface area contributed by atoms with E-state index in [0.717, 1.165) is 12.1 Å². The lowest BCUT2D eigenvalue weighted by Gasteiger charge is -2.14. The van der Waals surface area contributed by atoms with Crippen molar-refractivity contribution in [2.45, 2.75) is 18.9 Å². The van der Waals surface area contributed by atoms with Gasteiger partial charge in [0.1, 0.15) is 0 Å². The Hall–Kier alpha value is -0.893. The Balaban J connectivity index is 2.59. The van der Waals surface area contributed by atoms with Gasteiger partial charge in [0.05, 0.1) is 0 Å². The third kappa shape index (κ3) is 4.12. The minimum absolute atomic E-state index is 0.0180. The van der Waals surface area contributed by atoms with Crippen molar-refractivity contribution in [1.82, 2.24) is 0 Å². The van der Waals surface area contributed by atoms with Crippen LogP contribution in [0.2, 0.25) is 6.04 Å². The summed E-state index contributed by atoms with van der Waals surface area (Å²) in [5.74, 6) is -4.00. The molecule has 0 atom stereocenters. The van der Waals surface area contributed by atoms with Gasteiger partial charge in [0.2, 0.25) is 0 Å². The van der Waals surface area contributed by atoms with Crippen molar-refractivity contribution in [2.24, 2.45) is 0 Å². The average molecular weight is 266 g/mol. The van der Waals surface area contributed by atoms with Crippen LogP contribution in [0.4, 0.5) is 13.2 Å². The second kappa shape index (κ2) is 5.63. The molecule has 17 heavy (non-hydrogen) atoms. The minimum Gasteiger partial charge on any atom is -0.390 e. The molecule has 0 aliphatic rings. The highest BCUT2D eigenvalue weighted by Crippen LogP contribution is 2.16. The van der Waals surface area contributed by atoms with Crippen LogP contribution in [0.25, 0.3) is 0 Å². The first-order chi connectivity index (χ1) is 7.85. The van der Waals surface area contributed by atoms with Gasteiger partial charge in [-0.05, 0) is 30.5 Å². The molecule has 0 aromatic heterocycles. The fraction of sp³-hybridized carbons (Fsp3) is 0.400. The van der Waals surface area contributed by atoms with Crippen LogP contribution < -0.4 is 0 Å². The molecule has 0 bridgehead atoms. The summed E-state index contributed by atoms with van der Waals surface area (Å²) in [4.78, 5) is 18.4. The molecule has 0 heterocycles. The van der Waals surface area contributed by atoms with Crippen LogP contribution in [0, 0.1) is 17.5 Å². The van der Waals surface area contributed by atoms with Gasteiger partial charge in [-0.25, -0.2) is 13.2 Å². The molecule has 0 aliphatic heterocycles. The van der Waals surface area contributed by atoms with E-state index in [0.29, 0.717) is 0 Å². The number of hydrogen-bond donors (Lipinski definition) is 2. The molecular formula is C10H13F3O3Si. The van der Waals surface area contributed by atoms with Crippen LogP contribution in [0.3, 0.4) is 0 Å². The Morgan fingerprint density at radius 1 is 1.18 bits per heavy atom. The van der Waals surface area contributed by atoms with Crippen LogP contribution in [-0.4, -0.2) is 25.5 Å². The van der Waals surface area contributed by atoms with Gasteiger partial charge in [0.15, 0.2) is 17.5 Å². The maximum atomic E-state index is 12.8. The molecule has 0 aliphatic carbocycles. The van der Waals surface area contributed by atoms with E-state index in [1.165, 1.54) is 7.11 Å². The predicted octanol–water partition coefficient (Wildman–Crippen LogP) is 1.61. The molecule has 1 aromatic carbocycles. The van der Waals surface area contributed by atoms with E-state index in [1.54, 1.807) is 0 Å². The Kier molecular flexibility index (Phi) is 4.69. The highest BCUT2D eigenvalue weighted by Gasteiger charge is 2.29. The fourth-order valence-electron chi connectivity index (χ4n) is 1.38. The maximum absolute atomic E-state index is 12.8. The van der Waals surface area contributed by atoms with Crippen LogP contribution in [0.5, 0.6) is 0 Å². The summed E-state index contributed by atoms with van der Waals surface area (Å²) >= 11 is 0. The van der Waals surface area contributed by atoms with Crippen LogP contribution in [0.15, 0.2) is 12.1 Å². The van der Waals surface area contributed by atoms with Gasteiger partial charge in [-0.1, -0.05) is 0 Å². The van der Waals surface area contributed by atoms with Crippen molar-refractivity contribution in [3.05, 3.63) is 35.1 Å². The number of rotatable bonds is 5. The van der Waals surface area contributed by atoms with E-state index < -0.39 is 26.3 Å². The van der Waals surface area contributed by atoms with Crippen molar-refractivity contribution in [3.8, 4) is 0 Å². The highest BCUT2D eigenvalue weighted by atomic mass is 28.4. The zero-order chi connectivity index (χ0) is 13.1. The Morgan fingerprint density at radius 2 is 1.71 bits per heavy atom. The zero-order valence-electron chi connectivity index (χ0n) is 9.21. The van der Waals surface area contributed by atoms with Crippen molar-refractivity contribution in [2.75, 3.05) is 7.11 Å². The molecule has 1 rings (SSSR count). The molecule has 0 saturated carbocycles. The van der Waals surface area contributed by atoms with E-state index in [-0.39, 0.29) is 24.4 Å². The highest BCUT2D eigenvalue weighted by molar-refractivity contribution is 6.57. The summed E-state index contributed by atoms with van der Waals surface area (Å²) in [5.41, 5.74) is 0.266. The predicted molar refractivity (Wildman–Crippen MR) is 56.6 cm³/mol. The van der Waals surface area contributed by atoms with Gasteiger partial charge in [0.25, 0.3) is 0 Å². The van der Waals surface area contributed by atoms with Gasteiger partial charge in [-0.2, -0.15) is 0 Å². The van der Waals surface area contributed by atoms with Gasteiger partial charge < -0.3 is 14.0 Å². The van der Waals surface area contributed by atoms with Gasteiger partial charge in [0, 0.05) is 13.2 Å². The number of aryl methyl sites for hydroxylation is 1. The summed E-state index contributed by atoms with van der Waals surface area (Å²) in [6, 6.07) is 1.80. The SMILES string of the molecule is CO[Si](O)(O)CCCc1cc(F)c(F)c(F)c1. The van der Waals surface area contributed by atoms with Crippen LogP contribution in [0.1, 0.15) is 12.0 Å². The van der Waals surface area contributed by atoms with Crippen molar-refractivity contribution < 1.29 is 27.2 Å². The summed E-state index contributed by atoms with van der Waals surface area (Å²) < 4.78 is 42.8. The normalized spacial score (nSPS) is 11.9. The van der Waals surface area contributed by atoms with E-state index in [1.807, 2.05) is 0 Å². The molecule has 0 radical (unpaired) electrons. The van der Waals surface area contributed by atoms with E-state index in [4.69, 9.17) is 0 Å². The smallest absolute Gasteiger partial charge is 0.390 e. The molecule has 0 unspecified atom stereocenters. The van der Waals surface area contributed by atoms with Gasteiger partial charge in [-0.15, -0.1) is 0 Å². The van der Waals surface area contributed by atoms with Crippen molar-refractivity contribution in [1.29, 1.82) is 0 Å². The molecule has 1 aromatic rings. The molecule has 7 heteroatoms. The van der Waals surface area contributed by atoms with Crippen LogP contribution >= 0.6 is 0 Å². The zero-order valence-corrected chi connectivity index (χ0v) is 10.2. The first-order valence-electron chi connectivity index (χ1n) is 4.99. The lowest BCUT2D eigenvalue weighted by Crippen LogP contribution is -2.37. The van der Waals surface area contributed by atoms with E-state index in [9.17, 15) is 22.8 Å². The average Bonchev–Trinajstić information content (AvgIpc) is 2.25. The Morgan fingerprint density at radius 3 is 2.18 bits per heavy atom. The first-order valence-corrected chi connectivity index (χ1v) is 7.00. The Labute approximate surface area is 97.8 Å². The fourth-order valence-corrected chi connectivity index (χ4v) is 2.22. The molecule has 96 valence electrons. The van der Waals surface area contributed by atoms with Crippen molar-refractivity contribution >= 4 is 8.80 Å². The molecule has 0 amide bonds. The number of benzene rings is 1. The third-order valence-corrected chi connectivity index (χ3v) is 4.00. The molecule has 0 saturated heterocycles. The quantitative estimate of drug-likeness (QED) is 0.629. The van der Waals surface area contributed by atoms with Gasteiger partial charge >= 0.3 is 8.80 Å². The minimum atomic E-state index is -3.63. The molecule has 0 spiro atoms. The van der Waals surface area contributed by atoms with Crippen LogP contribution in [-0.2, 0) is 10.8 Å². The van der Waals surface area contributed by atoms with Gasteiger partial charge in [-0.3, -0.25) is 0 Å². The second-order valence-corrected chi connectivity index (χ2v) is 6.07. The summed E-state index contributed by atoms with van der Waals surface area (Å²) in [6.45, 7) is 0. The maximum Gasteiger partial charge on any atom is 0.495 e. The van der Waals surface area contributed by atoms with E-state index in [2.05, 4.69) is 4.43 Å². The number of halogens is 3. The molecule has 0 fully saturated rings. The monoisotopic (exact) mass is 266 g/mol. The lowest BCUT2D eigenvalue weighted by molar-refractivity contribution is 0.184. The Bertz CT molecular complexity index is 375. The first kappa shape index (κ1) is 14.2. The topological polar surface area (TPSA) is 49.7 Å².